The second kappa shape index (κ2) is 9.00. The topological polar surface area (TPSA) is 92.8 Å². The summed E-state index contributed by atoms with van der Waals surface area (Å²) in [4.78, 5) is 24.3. The maximum absolute atomic E-state index is 14.2. The van der Waals surface area contributed by atoms with Gasteiger partial charge >= 0.3 is 0 Å². The van der Waals surface area contributed by atoms with Crippen molar-refractivity contribution in [2.24, 2.45) is 0 Å². The van der Waals surface area contributed by atoms with Crippen molar-refractivity contribution in [3.8, 4) is 0 Å². The van der Waals surface area contributed by atoms with Gasteiger partial charge in [-0.15, -0.1) is 0 Å². The van der Waals surface area contributed by atoms with Crippen LogP contribution in [-0.4, -0.2) is 57.3 Å². The Morgan fingerprint density at radius 2 is 1.86 bits per heavy atom. The van der Waals surface area contributed by atoms with Crippen LogP contribution in [0, 0.1) is 5.82 Å². The first kappa shape index (κ1) is 21.4. The van der Waals surface area contributed by atoms with Gasteiger partial charge in [0.15, 0.2) is 5.78 Å². The van der Waals surface area contributed by atoms with Crippen molar-refractivity contribution in [1.29, 1.82) is 0 Å². The van der Waals surface area contributed by atoms with E-state index < -0.39 is 33.1 Å². The Labute approximate surface area is 172 Å². The fourth-order valence-corrected chi connectivity index (χ4v) is 4.42. The van der Waals surface area contributed by atoms with Gasteiger partial charge in [-0.3, -0.25) is 9.59 Å². The van der Waals surface area contributed by atoms with E-state index >= 15 is 0 Å². The minimum absolute atomic E-state index is 0.176. The molecule has 0 radical (unpaired) electrons. The molecule has 2 aromatic carbocycles. The summed E-state index contributed by atoms with van der Waals surface area (Å²) in [6, 6.07) is 9.18. The number of sulfonamides is 1. The molecular formula is C19H18ClFN2O5S. The lowest BCUT2D eigenvalue weighted by molar-refractivity contribution is 0.0730. The highest BCUT2D eigenvalue weighted by atomic mass is 35.5. The highest BCUT2D eigenvalue weighted by molar-refractivity contribution is 7.89. The van der Waals surface area contributed by atoms with Crippen LogP contribution in [0.4, 0.5) is 4.39 Å². The molecule has 1 fully saturated rings. The predicted octanol–water partition coefficient (Wildman–Crippen LogP) is 2.11. The van der Waals surface area contributed by atoms with Crippen LogP contribution in [-0.2, 0) is 14.8 Å². The van der Waals surface area contributed by atoms with E-state index in [1.54, 1.807) is 12.1 Å². The van der Waals surface area contributed by atoms with Crippen molar-refractivity contribution in [3.63, 3.8) is 0 Å². The van der Waals surface area contributed by atoms with Gasteiger partial charge in [0.2, 0.25) is 10.0 Å². The number of carbonyl (C=O) groups excluding carboxylic acids is 2. The van der Waals surface area contributed by atoms with Crippen molar-refractivity contribution >= 4 is 33.3 Å². The number of ether oxygens (including phenoxy) is 1. The Morgan fingerprint density at radius 3 is 2.55 bits per heavy atom. The summed E-state index contributed by atoms with van der Waals surface area (Å²) in [5.41, 5.74) is -0.167. The number of benzene rings is 2. The summed E-state index contributed by atoms with van der Waals surface area (Å²) in [5, 5.41) is 2.69. The monoisotopic (exact) mass is 440 g/mol. The SMILES string of the molecule is O=C(CNC(=O)c1cc(S(=O)(=O)N2CCOCC2)ccc1F)c1cccc(Cl)c1. The fraction of sp³-hybridized carbons (Fsp3) is 0.263. The Bertz CT molecular complexity index is 1040. The van der Waals surface area contributed by atoms with Gasteiger partial charge in [-0.1, -0.05) is 23.7 Å². The Hall–Kier alpha value is -2.33. The normalized spacial score (nSPS) is 15.1. The molecule has 1 saturated heterocycles. The highest BCUT2D eigenvalue weighted by Crippen LogP contribution is 2.20. The number of morpholine rings is 1. The quantitative estimate of drug-likeness (QED) is 0.694. The number of rotatable bonds is 6. The molecule has 1 N–H and O–H groups in total. The number of halogens is 2. The first-order valence-corrected chi connectivity index (χ1v) is 10.6. The van der Waals surface area contributed by atoms with Crippen LogP contribution in [0.5, 0.6) is 0 Å². The van der Waals surface area contributed by atoms with Gasteiger partial charge in [0.25, 0.3) is 5.91 Å². The maximum Gasteiger partial charge on any atom is 0.254 e. The van der Waals surface area contributed by atoms with E-state index in [1.807, 2.05) is 0 Å². The predicted molar refractivity (Wildman–Crippen MR) is 104 cm³/mol. The number of hydrogen-bond donors (Lipinski definition) is 1. The summed E-state index contributed by atoms with van der Waals surface area (Å²) in [5.74, 6) is -2.20. The third-order valence-corrected chi connectivity index (χ3v) is 6.48. The summed E-state index contributed by atoms with van der Waals surface area (Å²) < 4.78 is 45.9. The average Bonchev–Trinajstić information content (AvgIpc) is 2.72. The van der Waals surface area contributed by atoms with Crippen LogP contribution in [0.25, 0.3) is 0 Å². The van der Waals surface area contributed by atoms with E-state index in [0.717, 1.165) is 18.2 Å². The van der Waals surface area contributed by atoms with Crippen molar-refractivity contribution in [2.75, 3.05) is 32.8 Å². The molecule has 3 rings (SSSR count). The maximum atomic E-state index is 14.2. The summed E-state index contributed by atoms with van der Waals surface area (Å²) in [6.45, 7) is 0.489. The van der Waals surface area contributed by atoms with Crippen molar-refractivity contribution in [3.05, 3.63) is 64.4 Å². The third kappa shape index (κ3) is 4.99. The molecule has 0 aromatic heterocycles. The van der Waals surface area contributed by atoms with E-state index in [0.29, 0.717) is 10.6 Å². The molecule has 1 heterocycles. The molecular weight excluding hydrogens is 423 g/mol. The molecule has 2 aromatic rings. The van der Waals surface area contributed by atoms with Gasteiger partial charge in [-0.05, 0) is 30.3 Å². The smallest absolute Gasteiger partial charge is 0.254 e. The minimum Gasteiger partial charge on any atom is -0.379 e. The van der Waals surface area contributed by atoms with E-state index in [2.05, 4.69) is 5.32 Å². The lowest BCUT2D eigenvalue weighted by atomic mass is 10.1. The summed E-state index contributed by atoms with van der Waals surface area (Å²) >= 11 is 5.83. The summed E-state index contributed by atoms with van der Waals surface area (Å²) in [7, 11) is -3.89. The molecule has 154 valence electrons. The molecule has 1 aliphatic rings. The van der Waals surface area contributed by atoms with Crippen LogP contribution >= 0.6 is 11.6 Å². The lowest BCUT2D eigenvalue weighted by Crippen LogP contribution is -2.40. The number of nitrogens with zero attached hydrogens (tertiary/aromatic N) is 1. The van der Waals surface area contributed by atoms with E-state index in [-0.39, 0.29) is 37.7 Å². The van der Waals surface area contributed by atoms with Crippen LogP contribution < -0.4 is 5.32 Å². The molecule has 0 spiro atoms. The second-order valence-electron chi connectivity index (χ2n) is 6.27. The van der Waals surface area contributed by atoms with Gasteiger partial charge in [-0.25, -0.2) is 12.8 Å². The minimum atomic E-state index is -3.89. The summed E-state index contributed by atoms with van der Waals surface area (Å²) in [6.07, 6.45) is 0. The van der Waals surface area contributed by atoms with Crippen LogP contribution in [0.1, 0.15) is 20.7 Å². The first-order chi connectivity index (χ1) is 13.8. The van der Waals surface area contributed by atoms with Crippen LogP contribution in [0.2, 0.25) is 5.02 Å². The van der Waals surface area contributed by atoms with Gasteiger partial charge < -0.3 is 10.1 Å². The fourth-order valence-electron chi connectivity index (χ4n) is 2.79. The molecule has 1 aliphatic heterocycles. The Morgan fingerprint density at radius 1 is 1.14 bits per heavy atom. The van der Waals surface area contributed by atoms with Gasteiger partial charge in [0, 0.05) is 23.7 Å². The van der Waals surface area contributed by atoms with Gasteiger partial charge in [0.1, 0.15) is 5.82 Å². The van der Waals surface area contributed by atoms with Gasteiger partial charge in [-0.2, -0.15) is 4.31 Å². The zero-order valence-corrected chi connectivity index (χ0v) is 16.8. The number of Topliss-reactive ketones (excluding diaryl/α,β-unsaturated/α-hetero) is 1. The molecule has 0 bridgehead atoms. The van der Waals surface area contributed by atoms with Crippen LogP contribution in [0.3, 0.4) is 0 Å². The molecule has 0 atom stereocenters. The molecule has 0 aliphatic carbocycles. The number of amides is 1. The molecule has 7 nitrogen and oxygen atoms in total. The van der Waals surface area contributed by atoms with Crippen molar-refractivity contribution in [1.82, 2.24) is 9.62 Å². The van der Waals surface area contributed by atoms with E-state index in [4.69, 9.17) is 16.3 Å². The zero-order chi connectivity index (χ0) is 21.0. The molecule has 0 saturated carbocycles. The number of hydrogen-bond acceptors (Lipinski definition) is 5. The number of carbonyl (C=O) groups is 2. The standard InChI is InChI=1S/C19H18ClFN2O5S/c20-14-3-1-2-13(10-14)18(24)12-22-19(25)16-11-15(4-5-17(16)21)29(26,27)23-6-8-28-9-7-23/h1-5,10-11H,6-9,12H2,(H,22,25). The third-order valence-electron chi connectivity index (χ3n) is 4.35. The molecule has 1 amide bonds. The van der Waals surface area contributed by atoms with Crippen molar-refractivity contribution < 1.29 is 27.1 Å². The second-order valence-corrected chi connectivity index (χ2v) is 8.65. The Balaban J connectivity index is 1.75. The largest absolute Gasteiger partial charge is 0.379 e. The highest BCUT2D eigenvalue weighted by Gasteiger charge is 2.28. The number of ketones is 1. The average molecular weight is 441 g/mol. The molecule has 29 heavy (non-hydrogen) atoms. The molecule has 10 heteroatoms. The van der Waals surface area contributed by atoms with Crippen molar-refractivity contribution in [2.45, 2.75) is 4.90 Å². The lowest BCUT2D eigenvalue weighted by Gasteiger charge is -2.26. The molecule has 0 unspecified atom stereocenters. The van der Waals surface area contributed by atoms with Gasteiger partial charge in [0.05, 0.1) is 30.2 Å². The Kier molecular flexibility index (Phi) is 6.63. The zero-order valence-electron chi connectivity index (χ0n) is 15.2. The van der Waals surface area contributed by atoms with E-state index in [9.17, 15) is 22.4 Å². The first-order valence-electron chi connectivity index (χ1n) is 8.73. The number of nitrogens with one attached hydrogen (secondary N) is 1. The van der Waals surface area contributed by atoms with Crippen LogP contribution in [0.15, 0.2) is 47.4 Å². The van der Waals surface area contributed by atoms with E-state index in [1.165, 1.54) is 16.4 Å².